The molecular formula is C12H10O4Ru. The van der Waals surface area contributed by atoms with Crippen LogP contribution in [0.3, 0.4) is 0 Å². The Balaban J connectivity index is 0.000000284. The van der Waals surface area contributed by atoms with Crippen LogP contribution in [-0.4, -0.2) is 10.2 Å². The van der Waals surface area contributed by atoms with Crippen LogP contribution in [0.15, 0.2) is 71.6 Å². The first-order valence-electron chi connectivity index (χ1n) is 4.51. The van der Waals surface area contributed by atoms with Gasteiger partial charge in [0.25, 0.3) is 0 Å². The van der Waals surface area contributed by atoms with Gasteiger partial charge in [0, 0.05) is 0 Å². The predicted octanol–water partition coefficient (Wildman–Crippen LogP) is 0.482. The summed E-state index contributed by atoms with van der Waals surface area (Å²) in [5.41, 5.74) is 0.704. The van der Waals surface area contributed by atoms with E-state index in [1.54, 1.807) is 48.6 Å². The molecule has 2 N–H and O–H groups in total. The Kier molecular flexibility index (Phi) is 6.75. The van der Waals surface area contributed by atoms with Gasteiger partial charge in [0.2, 0.25) is 0 Å². The van der Waals surface area contributed by atoms with Crippen LogP contribution in [0.5, 0.6) is 0 Å². The zero-order valence-corrected chi connectivity index (χ0v) is 10.4. The normalized spacial score (nSPS) is 14.4. The van der Waals surface area contributed by atoms with Crippen molar-refractivity contribution in [2.24, 2.45) is 0 Å². The summed E-state index contributed by atoms with van der Waals surface area (Å²) in [6.07, 6.45) is 13.0. The van der Waals surface area contributed by atoms with Crippen molar-refractivity contribution in [2.45, 2.75) is 0 Å². The van der Waals surface area contributed by atoms with E-state index in [4.69, 9.17) is 10.2 Å². The Morgan fingerprint density at radius 2 is 0.941 bits per heavy atom. The Morgan fingerprint density at radius 3 is 1.06 bits per heavy atom. The van der Waals surface area contributed by atoms with Crippen molar-refractivity contribution >= 4 is 0 Å². The van der Waals surface area contributed by atoms with Crippen LogP contribution >= 0.6 is 0 Å². The molecular weight excluding hydrogens is 309 g/mol. The summed E-state index contributed by atoms with van der Waals surface area (Å²) in [4.78, 5) is 0. The van der Waals surface area contributed by atoms with E-state index in [0.29, 0.717) is 11.1 Å². The van der Waals surface area contributed by atoms with Crippen LogP contribution in [0.4, 0.5) is 0 Å². The van der Waals surface area contributed by atoms with E-state index in [-0.39, 0.29) is 19.5 Å². The van der Waals surface area contributed by atoms with E-state index in [1.165, 1.54) is 0 Å². The smallest absolute Gasteiger partial charge is 0.629 e. The van der Waals surface area contributed by atoms with Crippen LogP contribution in [0.25, 0.3) is 0 Å². The molecule has 0 aromatic carbocycles. The largest absolute Gasteiger partial charge is 2.00 e. The Labute approximate surface area is 112 Å². The van der Waals surface area contributed by atoms with Gasteiger partial charge in [-0.15, -0.1) is 0 Å². The van der Waals surface area contributed by atoms with Crippen molar-refractivity contribution in [1.29, 1.82) is 0 Å². The number of rotatable bonds is 0. The van der Waals surface area contributed by atoms with E-state index < -0.39 is 11.9 Å². The Morgan fingerprint density at radius 1 is 0.706 bits per heavy atom. The first-order valence-corrected chi connectivity index (χ1v) is 4.51. The molecule has 17 heavy (non-hydrogen) atoms. The summed E-state index contributed by atoms with van der Waals surface area (Å²) in [6, 6.07) is 0. The van der Waals surface area contributed by atoms with Gasteiger partial charge in [-0.3, -0.25) is 0 Å². The minimum Gasteiger partial charge on any atom is -0.629 e. The van der Waals surface area contributed by atoms with Gasteiger partial charge in [-0.05, 0) is 11.1 Å². The average Bonchev–Trinajstić information content (AvgIpc) is 2.93. The molecule has 2 aliphatic rings. The van der Waals surface area contributed by atoms with Crippen molar-refractivity contribution in [1.82, 2.24) is 0 Å². The molecule has 2 aliphatic carbocycles. The minimum absolute atomic E-state index is 0. The van der Waals surface area contributed by atoms with Gasteiger partial charge < -0.3 is 20.4 Å². The molecule has 0 aromatic rings. The van der Waals surface area contributed by atoms with Crippen molar-refractivity contribution < 1.29 is 39.9 Å². The SMILES string of the molecule is [O-]C(O)=C1C=CC=C1.[O-]C(O)=C1C=CC=C1.[Ru+2]. The van der Waals surface area contributed by atoms with Crippen molar-refractivity contribution in [3.05, 3.63) is 71.6 Å². The van der Waals surface area contributed by atoms with Gasteiger partial charge >= 0.3 is 19.5 Å². The van der Waals surface area contributed by atoms with Gasteiger partial charge in [-0.1, -0.05) is 48.6 Å². The van der Waals surface area contributed by atoms with Crippen molar-refractivity contribution in [3.8, 4) is 0 Å². The van der Waals surface area contributed by atoms with Crippen LogP contribution in [0.1, 0.15) is 0 Å². The predicted molar refractivity (Wildman–Crippen MR) is 55.9 cm³/mol. The molecule has 4 nitrogen and oxygen atoms in total. The van der Waals surface area contributed by atoms with Crippen LogP contribution in [0, 0.1) is 0 Å². The average molecular weight is 319 g/mol. The second-order valence-electron chi connectivity index (χ2n) is 2.96. The second-order valence-corrected chi connectivity index (χ2v) is 2.96. The molecule has 0 amide bonds. The number of hydrogen-bond donors (Lipinski definition) is 2. The maximum atomic E-state index is 10.1. The van der Waals surface area contributed by atoms with Crippen molar-refractivity contribution in [3.63, 3.8) is 0 Å². The topological polar surface area (TPSA) is 86.6 Å². The monoisotopic (exact) mass is 320 g/mol. The quantitative estimate of drug-likeness (QED) is 0.502. The third-order valence-corrected chi connectivity index (χ3v) is 1.82. The Bertz CT molecular complexity index is 361. The fraction of sp³-hybridized carbons (Fsp3) is 0. The molecule has 0 fully saturated rings. The van der Waals surface area contributed by atoms with Crippen molar-refractivity contribution in [2.75, 3.05) is 0 Å². The van der Waals surface area contributed by atoms with Crippen LogP contribution in [-0.2, 0) is 19.5 Å². The fourth-order valence-corrected chi connectivity index (χ4v) is 1.03. The molecule has 0 saturated carbocycles. The van der Waals surface area contributed by atoms with E-state index in [9.17, 15) is 10.2 Å². The number of aliphatic hydroxyl groups excluding tert-OH is 2. The first kappa shape index (κ1) is 15.3. The zero-order valence-electron chi connectivity index (χ0n) is 8.68. The molecule has 0 spiro atoms. The van der Waals surface area contributed by atoms with E-state index in [0.717, 1.165) is 0 Å². The Hall–Kier alpha value is -1.74. The molecule has 0 atom stereocenters. The van der Waals surface area contributed by atoms with Crippen LogP contribution < -0.4 is 10.2 Å². The third kappa shape index (κ3) is 5.22. The maximum Gasteiger partial charge on any atom is 2.00 e. The summed E-state index contributed by atoms with van der Waals surface area (Å²) in [7, 11) is 0. The molecule has 0 saturated heterocycles. The number of hydrogen-bond acceptors (Lipinski definition) is 4. The van der Waals surface area contributed by atoms with E-state index in [1.807, 2.05) is 0 Å². The van der Waals surface area contributed by atoms with Gasteiger partial charge in [0.1, 0.15) is 0 Å². The molecule has 0 bridgehead atoms. The van der Waals surface area contributed by atoms with Gasteiger partial charge in [0.05, 0.1) is 11.9 Å². The van der Waals surface area contributed by atoms with E-state index >= 15 is 0 Å². The number of allylic oxidation sites excluding steroid dienone is 10. The summed E-state index contributed by atoms with van der Waals surface area (Å²) < 4.78 is 0. The standard InChI is InChI=1S/2C6H6O2.Ru/c2*7-6(8)5-3-1-2-4-5;/h2*1-4,7-8H;/q;;+2/p-2. The fourth-order valence-electron chi connectivity index (χ4n) is 1.03. The zero-order chi connectivity index (χ0) is 12.0. The molecule has 90 valence electrons. The molecule has 2 rings (SSSR count). The minimum atomic E-state index is -0.866. The second kappa shape index (κ2) is 7.52. The maximum absolute atomic E-state index is 10.1. The first-order chi connectivity index (χ1) is 7.61. The molecule has 5 heteroatoms. The van der Waals surface area contributed by atoms with Gasteiger partial charge in [-0.25, -0.2) is 0 Å². The summed E-state index contributed by atoms with van der Waals surface area (Å²) >= 11 is 0. The molecule has 0 radical (unpaired) electrons. The van der Waals surface area contributed by atoms with Gasteiger partial charge in [-0.2, -0.15) is 0 Å². The van der Waals surface area contributed by atoms with Crippen LogP contribution in [0.2, 0.25) is 0 Å². The van der Waals surface area contributed by atoms with E-state index in [2.05, 4.69) is 0 Å². The summed E-state index contributed by atoms with van der Waals surface area (Å²) in [5.74, 6) is -1.73. The third-order valence-electron chi connectivity index (χ3n) is 1.82. The molecule has 0 aliphatic heterocycles. The molecule has 0 unspecified atom stereocenters. The molecule has 0 aromatic heterocycles. The molecule has 0 heterocycles. The van der Waals surface area contributed by atoms with Gasteiger partial charge in [0.15, 0.2) is 0 Å². The summed E-state index contributed by atoms with van der Waals surface area (Å²) in [6.45, 7) is 0. The number of aliphatic hydroxyl groups is 2. The summed E-state index contributed by atoms with van der Waals surface area (Å²) in [5, 5.41) is 36.7.